The fourth-order valence-corrected chi connectivity index (χ4v) is 1.81. The number of methoxy groups -OCH3 is 3. The minimum Gasteiger partial charge on any atom is -0.493 e. The summed E-state index contributed by atoms with van der Waals surface area (Å²) in [6, 6.07) is 6.79. The van der Waals surface area contributed by atoms with E-state index in [1.54, 1.807) is 51.8 Å². The van der Waals surface area contributed by atoms with Crippen LogP contribution in [0, 0.1) is 0 Å². The molecule has 7 nitrogen and oxygen atoms in total. The number of rotatable bonds is 6. The first-order chi connectivity index (χ1) is 10.2. The topological polar surface area (TPSA) is 87.9 Å². The van der Waals surface area contributed by atoms with Crippen molar-refractivity contribution in [3.63, 3.8) is 0 Å². The van der Waals surface area contributed by atoms with Crippen molar-refractivity contribution in [2.24, 2.45) is 5.84 Å². The molecule has 0 unspecified atom stereocenters. The van der Waals surface area contributed by atoms with Gasteiger partial charge in [-0.3, -0.25) is 0 Å². The maximum Gasteiger partial charge on any atom is 0.203 e. The van der Waals surface area contributed by atoms with Gasteiger partial charge in [0.2, 0.25) is 5.75 Å². The second-order valence-electron chi connectivity index (χ2n) is 3.98. The molecule has 0 fully saturated rings. The quantitative estimate of drug-likeness (QED) is 0.623. The highest BCUT2D eigenvalue weighted by molar-refractivity contribution is 5.56. The zero-order chi connectivity index (χ0) is 15.2. The molecular weight excluding hydrogens is 274 g/mol. The lowest BCUT2D eigenvalue weighted by Crippen LogP contribution is -2.08. The van der Waals surface area contributed by atoms with E-state index in [4.69, 9.17) is 24.8 Å². The Kier molecular flexibility index (Phi) is 4.68. The van der Waals surface area contributed by atoms with E-state index in [0.717, 1.165) is 0 Å². The highest BCUT2D eigenvalue weighted by Gasteiger charge is 2.14. The number of hydrazine groups is 1. The molecule has 0 saturated heterocycles. The Hall–Kier alpha value is -2.67. The Morgan fingerprint density at radius 3 is 2.14 bits per heavy atom. The van der Waals surface area contributed by atoms with E-state index in [1.807, 2.05) is 0 Å². The first-order valence-corrected chi connectivity index (χ1v) is 6.12. The van der Waals surface area contributed by atoms with Crippen LogP contribution in [-0.2, 0) is 0 Å². The number of pyridine rings is 1. The predicted molar refractivity (Wildman–Crippen MR) is 78.2 cm³/mol. The van der Waals surface area contributed by atoms with Crippen LogP contribution < -0.4 is 30.2 Å². The normalized spacial score (nSPS) is 9.90. The molecule has 0 saturated carbocycles. The molecule has 1 heterocycles. The van der Waals surface area contributed by atoms with Crippen molar-refractivity contribution in [1.29, 1.82) is 0 Å². The monoisotopic (exact) mass is 291 g/mol. The van der Waals surface area contributed by atoms with Crippen molar-refractivity contribution in [3.8, 4) is 28.7 Å². The summed E-state index contributed by atoms with van der Waals surface area (Å²) < 4.78 is 21.6. The van der Waals surface area contributed by atoms with Gasteiger partial charge in [0.1, 0.15) is 17.3 Å². The summed E-state index contributed by atoms with van der Waals surface area (Å²) in [5.41, 5.74) is 2.46. The van der Waals surface area contributed by atoms with Crippen LogP contribution in [0.5, 0.6) is 28.7 Å². The van der Waals surface area contributed by atoms with Crippen molar-refractivity contribution in [1.82, 2.24) is 4.98 Å². The zero-order valence-electron chi connectivity index (χ0n) is 12.0. The van der Waals surface area contributed by atoms with Gasteiger partial charge in [-0.15, -0.1) is 0 Å². The molecule has 0 spiro atoms. The van der Waals surface area contributed by atoms with Gasteiger partial charge in [-0.2, -0.15) is 0 Å². The number of hydrogen-bond donors (Lipinski definition) is 2. The van der Waals surface area contributed by atoms with Gasteiger partial charge in [-0.05, 0) is 6.07 Å². The molecular formula is C14H17N3O4. The summed E-state index contributed by atoms with van der Waals surface area (Å²) in [5, 5.41) is 0. The molecule has 21 heavy (non-hydrogen) atoms. The van der Waals surface area contributed by atoms with E-state index in [-0.39, 0.29) is 0 Å². The van der Waals surface area contributed by atoms with Gasteiger partial charge in [-0.1, -0.05) is 0 Å². The minimum absolute atomic E-state index is 0.500. The minimum atomic E-state index is 0.500. The standard InChI is InChI=1S/C14H17N3O4/c1-18-11-6-10(7-12(19-2)14(11)20-3)21-9-4-5-16-13(8-9)17-15/h4-8H,15H2,1-3H3,(H,16,17). The van der Waals surface area contributed by atoms with Crippen LogP contribution in [0.2, 0.25) is 0 Å². The van der Waals surface area contributed by atoms with E-state index in [1.165, 1.54) is 0 Å². The average Bonchev–Trinajstić information content (AvgIpc) is 2.53. The van der Waals surface area contributed by atoms with Crippen molar-refractivity contribution < 1.29 is 18.9 Å². The van der Waals surface area contributed by atoms with Crippen LogP contribution in [0.25, 0.3) is 0 Å². The lowest BCUT2D eigenvalue weighted by atomic mass is 10.2. The third kappa shape index (κ3) is 3.26. The highest BCUT2D eigenvalue weighted by Crippen LogP contribution is 2.41. The molecule has 0 bridgehead atoms. The second kappa shape index (κ2) is 6.67. The van der Waals surface area contributed by atoms with E-state index in [9.17, 15) is 0 Å². The maximum absolute atomic E-state index is 5.75. The van der Waals surface area contributed by atoms with Crippen LogP contribution >= 0.6 is 0 Å². The SMILES string of the molecule is COc1cc(Oc2ccnc(NN)c2)cc(OC)c1OC. The number of aromatic nitrogens is 1. The Balaban J connectivity index is 2.35. The number of nitrogen functional groups attached to an aromatic ring is 1. The third-order valence-corrected chi connectivity index (χ3v) is 2.75. The first kappa shape index (κ1) is 14.7. The highest BCUT2D eigenvalue weighted by atomic mass is 16.5. The molecule has 1 aromatic heterocycles. The number of hydrogen-bond acceptors (Lipinski definition) is 7. The summed E-state index contributed by atoms with van der Waals surface area (Å²) in [7, 11) is 4.64. The van der Waals surface area contributed by atoms with E-state index >= 15 is 0 Å². The Bertz CT molecular complexity index is 594. The maximum atomic E-state index is 5.75. The number of nitrogens with one attached hydrogen (secondary N) is 1. The van der Waals surface area contributed by atoms with Crippen LogP contribution in [-0.4, -0.2) is 26.3 Å². The molecule has 0 aliphatic rings. The number of ether oxygens (including phenoxy) is 4. The Morgan fingerprint density at radius 1 is 0.952 bits per heavy atom. The van der Waals surface area contributed by atoms with Gasteiger partial charge in [0, 0.05) is 24.4 Å². The first-order valence-electron chi connectivity index (χ1n) is 6.12. The lowest BCUT2D eigenvalue weighted by molar-refractivity contribution is 0.321. The smallest absolute Gasteiger partial charge is 0.203 e. The fourth-order valence-electron chi connectivity index (χ4n) is 1.81. The summed E-state index contributed by atoms with van der Waals surface area (Å²) >= 11 is 0. The molecule has 2 aromatic rings. The Labute approximate surface area is 122 Å². The van der Waals surface area contributed by atoms with E-state index in [0.29, 0.717) is 34.6 Å². The lowest BCUT2D eigenvalue weighted by Gasteiger charge is -2.14. The molecule has 0 aliphatic heterocycles. The predicted octanol–water partition coefficient (Wildman–Crippen LogP) is 2.19. The van der Waals surface area contributed by atoms with Crippen LogP contribution in [0.3, 0.4) is 0 Å². The largest absolute Gasteiger partial charge is 0.493 e. The molecule has 7 heteroatoms. The van der Waals surface area contributed by atoms with Gasteiger partial charge < -0.3 is 24.4 Å². The third-order valence-electron chi connectivity index (χ3n) is 2.75. The van der Waals surface area contributed by atoms with E-state index in [2.05, 4.69) is 10.4 Å². The van der Waals surface area contributed by atoms with Crippen LogP contribution in [0.4, 0.5) is 5.82 Å². The summed E-state index contributed by atoms with van der Waals surface area (Å²) in [6.45, 7) is 0. The summed E-state index contributed by atoms with van der Waals surface area (Å²) in [5.74, 6) is 8.46. The molecule has 0 atom stereocenters. The van der Waals surface area contributed by atoms with E-state index < -0.39 is 0 Å². The van der Waals surface area contributed by atoms with Gasteiger partial charge in [-0.25, -0.2) is 10.8 Å². The molecule has 2 rings (SSSR count). The molecule has 0 aliphatic carbocycles. The van der Waals surface area contributed by atoms with Crippen LogP contribution in [0.1, 0.15) is 0 Å². The molecule has 1 aromatic carbocycles. The average molecular weight is 291 g/mol. The van der Waals surface area contributed by atoms with Gasteiger partial charge in [0.05, 0.1) is 21.3 Å². The summed E-state index contributed by atoms with van der Waals surface area (Å²) in [4.78, 5) is 4.01. The molecule has 3 N–H and O–H groups in total. The number of nitrogens with two attached hydrogens (primary N) is 1. The fraction of sp³-hybridized carbons (Fsp3) is 0.214. The van der Waals surface area contributed by atoms with Gasteiger partial charge >= 0.3 is 0 Å². The van der Waals surface area contributed by atoms with Crippen molar-refractivity contribution in [3.05, 3.63) is 30.5 Å². The van der Waals surface area contributed by atoms with Gasteiger partial charge in [0.25, 0.3) is 0 Å². The number of benzene rings is 1. The second-order valence-corrected chi connectivity index (χ2v) is 3.98. The van der Waals surface area contributed by atoms with Crippen molar-refractivity contribution >= 4 is 5.82 Å². The summed E-state index contributed by atoms with van der Waals surface area (Å²) in [6.07, 6.45) is 1.59. The van der Waals surface area contributed by atoms with Crippen molar-refractivity contribution in [2.75, 3.05) is 26.8 Å². The number of anilines is 1. The molecule has 0 radical (unpaired) electrons. The molecule has 0 amide bonds. The van der Waals surface area contributed by atoms with Gasteiger partial charge in [0.15, 0.2) is 11.5 Å². The number of nitrogens with zero attached hydrogens (tertiary/aromatic N) is 1. The van der Waals surface area contributed by atoms with Crippen molar-refractivity contribution in [2.45, 2.75) is 0 Å². The van der Waals surface area contributed by atoms with Crippen LogP contribution in [0.15, 0.2) is 30.5 Å². The molecule has 112 valence electrons. The Morgan fingerprint density at radius 2 is 1.62 bits per heavy atom. The zero-order valence-corrected chi connectivity index (χ0v) is 12.0.